The number of unbranched alkanes of at least 4 members (excludes halogenated alkanes) is 1. The van der Waals surface area contributed by atoms with Gasteiger partial charge in [-0.25, -0.2) is 4.99 Å². The first-order valence-corrected chi connectivity index (χ1v) is 9.31. The number of guanidine groups is 1. The maximum atomic E-state index is 5.32. The van der Waals surface area contributed by atoms with Crippen molar-refractivity contribution in [1.82, 2.24) is 20.4 Å². The average molecular weight is 463 g/mol. The summed E-state index contributed by atoms with van der Waals surface area (Å²) in [5.41, 5.74) is 0. The number of furan rings is 1. The van der Waals surface area contributed by atoms with Crippen LogP contribution in [0.4, 0.5) is 0 Å². The topological polar surface area (TPSA) is 56.0 Å². The van der Waals surface area contributed by atoms with E-state index < -0.39 is 0 Å². The van der Waals surface area contributed by atoms with E-state index in [1.54, 1.807) is 6.26 Å². The summed E-state index contributed by atoms with van der Waals surface area (Å²) in [4.78, 5) is 9.66. The van der Waals surface area contributed by atoms with Crippen molar-refractivity contribution in [2.45, 2.75) is 33.2 Å². The third-order valence-electron chi connectivity index (χ3n) is 4.42. The highest BCUT2D eigenvalue weighted by Crippen LogP contribution is 2.03. The van der Waals surface area contributed by atoms with E-state index in [2.05, 4.69) is 39.3 Å². The van der Waals surface area contributed by atoms with Crippen molar-refractivity contribution in [3.63, 3.8) is 0 Å². The van der Waals surface area contributed by atoms with E-state index in [-0.39, 0.29) is 24.0 Å². The van der Waals surface area contributed by atoms with Crippen LogP contribution in [0.3, 0.4) is 0 Å². The number of likely N-dealkylation sites (N-methyl/N-ethyl adjacent to an activating group) is 1. The minimum atomic E-state index is 0. The van der Waals surface area contributed by atoms with Gasteiger partial charge in [0.05, 0.1) is 6.26 Å². The number of halogens is 1. The van der Waals surface area contributed by atoms with Crippen molar-refractivity contribution in [3.05, 3.63) is 24.2 Å². The zero-order valence-electron chi connectivity index (χ0n) is 15.7. The summed E-state index contributed by atoms with van der Waals surface area (Å²) in [7, 11) is 0. The first-order chi connectivity index (χ1) is 11.8. The maximum Gasteiger partial charge on any atom is 0.191 e. The van der Waals surface area contributed by atoms with E-state index in [0.717, 1.165) is 24.8 Å². The van der Waals surface area contributed by atoms with Gasteiger partial charge in [-0.1, -0.05) is 6.92 Å². The van der Waals surface area contributed by atoms with Crippen LogP contribution in [0, 0.1) is 0 Å². The highest BCUT2D eigenvalue weighted by atomic mass is 127. The van der Waals surface area contributed by atoms with Crippen LogP contribution in [0.2, 0.25) is 0 Å². The Morgan fingerprint density at radius 3 is 2.52 bits per heavy atom. The predicted octanol–water partition coefficient (Wildman–Crippen LogP) is 2.37. The number of hydrogen-bond acceptors (Lipinski definition) is 4. The molecule has 0 bridgehead atoms. The van der Waals surface area contributed by atoms with Gasteiger partial charge in [-0.05, 0) is 45.0 Å². The summed E-state index contributed by atoms with van der Waals surface area (Å²) in [5, 5.41) is 6.69. The molecule has 2 heterocycles. The van der Waals surface area contributed by atoms with Gasteiger partial charge >= 0.3 is 0 Å². The SMILES string of the molecule is CCNC(=NCc1ccco1)NCCCCN1CCN(CC)CC1.I. The minimum Gasteiger partial charge on any atom is -0.467 e. The van der Waals surface area contributed by atoms with Gasteiger partial charge < -0.3 is 24.9 Å². The number of piperazine rings is 1. The molecule has 1 aromatic heterocycles. The third kappa shape index (κ3) is 8.91. The molecular weight excluding hydrogens is 429 g/mol. The molecule has 0 aliphatic carbocycles. The zero-order chi connectivity index (χ0) is 17.0. The number of hydrogen-bond donors (Lipinski definition) is 2. The van der Waals surface area contributed by atoms with Crippen LogP contribution in [0.1, 0.15) is 32.4 Å². The molecule has 0 atom stereocenters. The van der Waals surface area contributed by atoms with Crippen molar-refractivity contribution < 1.29 is 4.42 Å². The van der Waals surface area contributed by atoms with E-state index in [4.69, 9.17) is 4.42 Å². The van der Waals surface area contributed by atoms with E-state index in [1.165, 1.54) is 52.1 Å². The largest absolute Gasteiger partial charge is 0.467 e. The Morgan fingerprint density at radius 2 is 1.88 bits per heavy atom. The molecule has 0 unspecified atom stereocenters. The van der Waals surface area contributed by atoms with Crippen molar-refractivity contribution in [2.24, 2.45) is 4.99 Å². The van der Waals surface area contributed by atoms with Crippen molar-refractivity contribution in [3.8, 4) is 0 Å². The van der Waals surface area contributed by atoms with Gasteiger partial charge in [-0.2, -0.15) is 0 Å². The minimum absolute atomic E-state index is 0. The van der Waals surface area contributed by atoms with Crippen molar-refractivity contribution >= 4 is 29.9 Å². The number of nitrogens with zero attached hydrogens (tertiary/aromatic N) is 3. The Labute approximate surface area is 169 Å². The Hall–Kier alpha value is -0.800. The van der Waals surface area contributed by atoms with E-state index in [0.29, 0.717) is 6.54 Å². The summed E-state index contributed by atoms with van der Waals surface area (Å²) in [6.45, 7) is 14.0. The van der Waals surface area contributed by atoms with Gasteiger partial charge in [-0.15, -0.1) is 24.0 Å². The first-order valence-electron chi connectivity index (χ1n) is 9.31. The fraction of sp³-hybridized carbons (Fsp3) is 0.722. The molecule has 144 valence electrons. The molecule has 0 aromatic carbocycles. The Balaban J connectivity index is 0.00000312. The lowest BCUT2D eigenvalue weighted by molar-refractivity contribution is 0.136. The van der Waals surface area contributed by atoms with Gasteiger partial charge in [0.2, 0.25) is 0 Å². The smallest absolute Gasteiger partial charge is 0.191 e. The van der Waals surface area contributed by atoms with Gasteiger partial charge in [0.25, 0.3) is 0 Å². The zero-order valence-corrected chi connectivity index (χ0v) is 18.0. The molecule has 2 rings (SSSR count). The highest BCUT2D eigenvalue weighted by molar-refractivity contribution is 14.0. The third-order valence-corrected chi connectivity index (χ3v) is 4.42. The fourth-order valence-electron chi connectivity index (χ4n) is 2.90. The molecule has 1 aliphatic rings. The molecule has 2 N–H and O–H groups in total. The Kier molecular flexibility index (Phi) is 11.9. The summed E-state index contributed by atoms with van der Waals surface area (Å²) >= 11 is 0. The first kappa shape index (κ1) is 22.2. The second-order valence-corrected chi connectivity index (χ2v) is 6.18. The Bertz CT molecular complexity index is 458. The van der Waals surface area contributed by atoms with Crippen LogP contribution >= 0.6 is 24.0 Å². The van der Waals surface area contributed by atoms with E-state index >= 15 is 0 Å². The molecular formula is C18H34IN5O. The highest BCUT2D eigenvalue weighted by Gasteiger charge is 2.14. The van der Waals surface area contributed by atoms with Crippen LogP contribution in [0.15, 0.2) is 27.8 Å². The molecule has 1 fully saturated rings. The van der Waals surface area contributed by atoms with Gasteiger partial charge in [0.15, 0.2) is 5.96 Å². The van der Waals surface area contributed by atoms with Crippen LogP contribution in [-0.2, 0) is 6.54 Å². The fourth-order valence-corrected chi connectivity index (χ4v) is 2.90. The molecule has 0 radical (unpaired) electrons. The molecule has 1 aliphatic heterocycles. The molecule has 7 heteroatoms. The molecule has 6 nitrogen and oxygen atoms in total. The van der Waals surface area contributed by atoms with Crippen LogP contribution < -0.4 is 10.6 Å². The Morgan fingerprint density at radius 1 is 1.12 bits per heavy atom. The van der Waals surface area contributed by atoms with Crippen molar-refractivity contribution in [1.29, 1.82) is 0 Å². The van der Waals surface area contributed by atoms with Crippen LogP contribution in [0.5, 0.6) is 0 Å². The summed E-state index contributed by atoms with van der Waals surface area (Å²) in [6, 6.07) is 3.84. The van der Waals surface area contributed by atoms with Gasteiger partial charge in [0.1, 0.15) is 12.3 Å². The molecule has 25 heavy (non-hydrogen) atoms. The van der Waals surface area contributed by atoms with Gasteiger partial charge in [-0.3, -0.25) is 0 Å². The molecule has 0 spiro atoms. The lowest BCUT2D eigenvalue weighted by atomic mass is 10.2. The summed E-state index contributed by atoms with van der Waals surface area (Å²) in [5.74, 6) is 1.75. The van der Waals surface area contributed by atoms with Crippen LogP contribution in [0.25, 0.3) is 0 Å². The summed E-state index contributed by atoms with van der Waals surface area (Å²) in [6.07, 6.45) is 4.08. The summed E-state index contributed by atoms with van der Waals surface area (Å²) < 4.78 is 5.32. The van der Waals surface area contributed by atoms with Crippen LogP contribution in [-0.4, -0.2) is 68.1 Å². The second-order valence-electron chi connectivity index (χ2n) is 6.18. The monoisotopic (exact) mass is 463 g/mol. The normalized spacial score (nSPS) is 16.5. The molecule has 0 amide bonds. The van der Waals surface area contributed by atoms with Crippen molar-refractivity contribution in [2.75, 3.05) is 52.4 Å². The standard InChI is InChI=1S/C18H33N5O.HI/c1-3-19-18(21-16-17-8-7-15-24-17)20-9-5-6-10-23-13-11-22(4-2)12-14-23;/h7-8,15H,3-6,9-14,16H2,1-2H3,(H2,19,20,21);1H. The van der Waals surface area contributed by atoms with Gasteiger partial charge in [0, 0.05) is 39.3 Å². The number of nitrogens with one attached hydrogen (secondary N) is 2. The lowest BCUT2D eigenvalue weighted by Gasteiger charge is -2.34. The molecule has 1 aromatic rings. The molecule has 0 saturated carbocycles. The maximum absolute atomic E-state index is 5.32. The number of rotatable bonds is 9. The molecule has 1 saturated heterocycles. The van der Waals surface area contributed by atoms with E-state index in [9.17, 15) is 0 Å². The quantitative estimate of drug-likeness (QED) is 0.255. The average Bonchev–Trinajstić information content (AvgIpc) is 3.13. The lowest BCUT2D eigenvalue weighted by Crippen LogP contribution is -2.46. The second kappa shape index (κ2) is 13.4. The van der Waals surface area contributed by atoms with E-state index in [1.807, 2.05) is 12.1 Å². The number of aliphatic imine (C=N–C) groups is 1. The predicted molar refractivity (Wildman–Crippen MR) is 115 cm³/mol.